The van der Waals surface area contributed by atoms with Gasteiger partial charge in [-0.05, 0) is 68.3 Å². The van der Waals surface area contributed by atoms with Gasteiger partial charge in [0.2, 0.25) is 11.8 Å². The molecular weight excluding hydrogens is 484 g/mol. The van der Waals surface area contributed by atoms with Crippen LogP contribution in [-0.4, -0.2) is 50.4 Å². The van der Waals surface area contributed by atoms with Crippen molar-refractivity contribution in [2.24, 2.45) is 0 Å². The Bertz CT molecular complexity index is 1450. The number of para-hydroxylation sites is 1. The number of esters is 1. The zero-order valence-corrected chi connectivity index (χ0v) is 21.8. The second kappa shape index (κ2) is 11.2. The highest BCUT2D eigenvalue weighted by molar-refractivity contribution is 6.02. The maximum absolute atomic E-state index is 14.1. The molecule has 0 fully saturated rings. The van der Waals surface area contributed by atoms with Crippen molar-refractivity contribution >= 4 is 34.5 Å². The van der Waals surface area contributed by atoms with Crippen LogP contribution in [0.2, 0.25) is 0 Å². The van der Waals surface area contributed by atoms with Crippen LogP contribution >= 0.6 is 0 Å². The molecule has 10 nitrogen and oxygen atoms in total. The van der Waals surface area contributed by atoms with Crippen LogP contribution in [0.1, 0.15) is 49.2 Å². The van der Waals surface area contributed by atoms with Crippen molar-refractivity contribution in [3.8, 4) is 0 Å². The Morgan fingerprint density at radius 2 is 1.79 bits per heavy atom. The molecule has 0 radical (unpaired) electrons. The highest BCUT2D eigenvalue weighted by Crippen LogP contribution is 2.30. The summed E-state index contributed by atoms with van der Waals surface area (Å²) in [5.41, 5.74) is 1.97. The van der Waals surface area contributed by atoms with Crippen LogP contribution in [0.15, 0.2) is 73.1 Å². The minimum absolute atomic E-state index is 0.186. The standard InChI is InChI=1S/C28H30N6O4/c1-5-28(2,3)30-26(36)25(19-13-15-29-16-14-19)34(21-10-8-9-20(17-21)27(37)38-4)24(35)18-33-23-12-7-6-11-22(23)31-32-33/h6-17,25H,5,18H2,1-4H3,(H,30,36)/t25-/m0/s1. The molecule has 0 saturated heterocycles. The Morgan fingerprint density at radius 3 is 2.50 bits per heavy atom. The van der Waals surface area contributed by atoms with E-state index in [-0.39, 0.29) is 18.0 Å². The Kier molecular flexibility index (Phi) is 7.80. The van der Waals surface area contributed by atoms with E-state index in [2.05, 4.69) is 20.6 Å². The second-order valence-corrected chi connectivity index (χ2v) is 9.45. The largest absolute Gasteiger partial charge is 0.465 e. The van der Waals surface area contributed by atoms with Gasteiger partial charge in [0.15, 0.2) is 0 Å². The summed E-state index contributed by atoms with van der Waals surface area (Å²) in [4.78, 5) is 45.8. The van der Waals surface area contributed by atoms with E-state index in [0.717, 1.165) is 0 Å². The number of fused-ring (bicyclic) bond motifs is 1. The Labute approximate surface area is 220 Å². The number of nitrogens with one attached hydrogen (secondary N) is 1. The predicted octanol–water partition coefficient (Wildman–Crippen LogP) is 3.69. The first-order chi connectivity index (χ1) is 18.2. The highest BCUT2D eigenvalue weighted by Gasteiger charge is 2.35. The molecule has 0 spiro atoms. The van der Waals surface area contributed by atoms with Crippen LogP contribution in [0.4, 0.5) is 5.69 Å². The number of ether oxygens (including phenoxy) is 1. The minimum Gasteiger partial charge on any atom is -0.465 e. The van der Waals surface area contributed by atoms with Gasteiger partial charge in [-0.3, -0.25) is 19.5 Å². The van der Waals surface area contributed by atoms with E-state index in [4.69, 9.17) is 4.74 Å². The number of hydrogen-bond acceptors (Lipinski definition) is 7. The molecule has 10 heteroatoms. The fourth-order valence-electron chi connectivity index (χ4n) is 4.03. The fourth-order valence-corrected chi connectivity index (χ4v) is 4.03. The lowest BCUT2D eigenvalue weighted by molar-refractivity contribution is -0.128. The maximum Gasteiger partial charge on any atom is 0.337 e. The van der Waals surface area contributed by atoms with Gasteiger partial charge >= 0.3 is 5.97 Å². The average Bonchev–Trinajstić information content (AvgIpc) is 3.33. The van der Waals surface area contributed by atoms with Crippen LogP contribution < -0.4 is 10.2 Å². The number of carbonyl (C=O) groups excluding carboxylic acids is 3. The number of aromatic nitrogens is 4. The van der Waals surface area contributed by atoms with E-state index in [1.54, 1.807) is 48.8 Å². The average molecular weight is 515 g/mol. The van der Waals surface area contributed by atoms with Gasteiger partial charge in [0.1, 0.15) is 18.1 Å². The monoisotopic (exact) mass is 514 g/mol. The van der Waals surface area contributed by atoms with Crippen LogP contribution in [0, 0.1) is 0 Å². The second-order valence-electron chi connectivity index (χ2n) is 9.45. The molecule has 0 unspecified atom stereocenters. The SMILES string of the molecule is CCC(C)(C)NC(=O)[C@H](c1ccncc1)N(C(=O)Cn1nnc2ccccc21)c1cccc(C(=O)OC)c1. The first-order valence-corrected chi connectivity index (χ1v) is 12.2. The van der Waals surface area contributed by atoms with Crippen LogP contribution in [-0.2, 0) is 20.9 Å². The Morgan fingerprint density at radius 1 is 1.05 bits per heavy atom. The molecule has 196 valence electrons. The summed E-state index contributed by atoms with van der Waals surface area (Å²) in [5, 5.41) is 11.4. The van der Waals surface area contributed by atoms with Crippen molar-refractivity contribution in [1.82, 2.24) is 25.3 Å². The zero-order valence-electron chi connectivity index (χ0n) is 21.8. The number of hydrogen-bond donors (Lipinski definition) is 1. The van der Waals surface area contributed by atoms with Crippen LogP contribution in [0.3, 0.4) is 0 Å². The number of rotatable bonds is 9. The normalized spacial score (nSPS) is 12.1. The van der Waals surface area contributed by atoms with E-state index >= 15 is 0 Å². The lowest BCUT2D eigenvalue weighted by atomic mass is 9.98. The molecule has 0 aliphatic carbocycles. The molecule has 4 aromatic rings. The number of amides is 2. The van der Waals surface area contributed by atoms with Crippen LogP contribution in [0.5, 0.6) is 0 Å². The zero-order chi connectivity index (χ0) is 27.3. The van der Waals surface area contributed by atoms with Gasteiger partial charge in [-0.25, -0.2) is 9.48 Å². The third-order valence-corrected chi connectivity index (χ3v) is 6.39. The molecular formula is C28H30N6O4. The van der Waals surface area contributed by atoms with Gasteiger partial charge in [0, 0.05) is 23.6 Å². The number of methoxy groups -OCH3 is 1. The van der Waals surface area contributed by atoms with E-state index in [9.17, 15) is 14.4 Å². The molecule has 1 atom stereocenters. The molecule has 0 aliphatic heterocycles. The third kappa shape index (κ3) is 5.69. The van der Waals surface area contributed by atoms with Gasteiger partial charge in [0.25, 0.3) is 0 Å². The first-order valence-electron chi connectivity index (χ1n) is 12.2. The summed E-state index contributed by atoms with van der Waals surface area (Å²) >= 11 is 0. The lowest BCUT2D eigenvalue weighted by Crippen LogP contribution is -2.51. The van der Waals surface area contributed by atoms with Crippen molar-refractivity contribution in [3.05, 3.63) is 84.2 Å². The maximum atomic E-state index is 14.1. The molecule has 0 bridgehead atoms. The number of anilines is 1. The summed E-state index contributed by atoms with van der Waals surface area (Å²) in [6, 6.07) is 16.1. The Hall–Kier alpha value is -4.60. The van der Waals surface area contributed by atoms with Gasteiger partial charge in [-0.15, -0.1) is 5.10 Å². The molecule has 2 aromatic heterocycles. The molecule has 4 rings (SSSR count). The number of pyridine rings is 1. The smallest absolute Gasteiger partial charge is 0.337 e. The Balaban J connectivity index is 1.84. The summed E-state index contributed by atoms with van der Waals surface area (Å²) in [7, 11) is 1.29. The number of benzene rings is 2. The van der Waals surface area contributed by atoms with Crippen molar-refractivity contribution in [2.75, 3.05) is 12.0 Å². The molecule has 2 heterocycles. The first kappa shape index (κ1) is 26.5. The summed E-state index contributed by atoms with van der Waals surface area (Å²) < 4.78 is 6.38. The molecule has 0 saturated carbocycles. The lowest BCUT2D eigenvalue weighted by Gasteiger charge is -2.34. The van der Waals surface area contributed by atoms with E-state index < -0.39 is 23.5 Å². The summed E-state index contributed by atoms with van der Waals surface area (Å²) in [5.74, 6) is -1.35. The predicted molar refractivity (Wildman–Crippen MR) is 142 cm³/mol. The summed E-state index contributed by atoms with van der Waals surface area (Å²) in [6.07, 6.45) is 3.82. The number of carbonyl (C=O) groups is 3. The third-order valence-electron chi connectivity index (χ3n) is 6.39. The molecule has 2 amide bonds. The molecule has 1 N–H and O–H groups in total. The quantitative estimate of drug-likeness (QED) is 0.338. The molecule has 38 heavy (non-hydrogen) atoms. The molecule has 0 aliphatic rings. The van der Waals surface area contributed by atoms with Crippen molar-refractivity contribution < 1.29 is 19.1 Å². The van der Waals surface area contributed by atoms with Crippen molar-refractivity contribution in [1.29, 1.82) is 0 Å². The van der Waals surface area contributed by atoms with Crippen molar-refractivity contribution in [3.63, 3.8) is 0 Å². The van der Waals surface area contributed by atoms with E-state index in [1.807, 2.05) is 39.0 Å². The van der Waals surface area contributed by atoms with Gasteiger partial charge in [-0.2, -0.15) is 0 Å². The van der Waals surface area contributed by atoms with Gasteiger partial charge in [-0.1, -0.05) is 30.3 Å². The fraction of sp³-hybridized carbons (Fsp3) is 0.286. The van der Waals surface area contributed by atoms with E-state index in [1.165, 1.54) is 22.8 Å². The summed E-state index contributed by atoms with van der Waals surface area (Å²) in [6.45, 7) is 5.62. The molecule has 2 aromatic carbocycles. The van der Waals surface area contributed by atoms with Gasteiger partial charge < -0.3 is 10.1 Å². The van der Waals surface area contributed by atoms with E-state index in [0.29, 0.717) is 28.7 Å². The van der Waals surface area contributed by atoms with Gasteiger partial charge in [0.05, 0.1) is 18.2 Å². The van der Waals surface area contributed by atoms with Crippen LogP contribution in [0.25, 0.3) is 11.0 Å². The topological polar surface area (TPSA) is 119 Å². The highest BCUT2D eigenvalue weighted by atomic mass is 16.5. The van der Waals surface area contributed by atoms with Crippen molar-refractivity contribution in [2.45, 2.75) is 45.3 Å². The minimum atomic E-state index is -1.06. The number of nitrogens with zero attached hydrogens (tertiary/aromatic N) is 5.